The van der Waals surface area contributed by atoms with E-state index in [1.807, 2.05) is 36.7 Å². The first kappa shape index (κ1) is 12.0. The molecule has 1 aromatic heterocycles. The zero-order chi connectivity index (χ0) is 13.6. The molecule has 0 bridgehead atoms. The monoisotopic (exact) mass is 258 g/mol. The van der Waals surface area contributed by atoms with E-state index in [-0.39, 0.29) is 18.1 Å². The Kier molecular flexibility index (Phi) is 2.69. The molecule has 0 spiro atoms. The van der Waals surface area contributed by atoms with Crippen molar-refractivity contribution in [1.29, 1.82) is 0 Å². The fourth-order valence-electron chi connectivity index (χ4n) is 2.56. The summed E-state index contributed by atoms with van der Waals surface area (Å²) in [5, 5.41) is 3.03. The molecule has 1 unspecified atom stereocenters. The van der Waals surface area contributed by atoms with Crippen LogP contribution in [0.25, 0.3) is 11.0 Å². The van der Waals surface area contributed by atoms with Crippen LogP contribution < -0.4 is 5.32 Å². The van der Waals surface area contributed by atoms with E-state index in [1.165, 1.54) is 0 Å². The van der Waals surface area contributed by atoms with Gasteiger partial charge in [0.05, 0.1) is 23.4 Å². The van der Waals surface area contributed by atoms with Gasteiger partial charge in [0.1, 0.15) is 0 Å². The van der Waals surface area contributed by atoms with Crippen molar-refractivity contribution >= 4 is 17.1 Å². The SMILES string of the molecule is CC(C)N1CC(c2ccc3c(c2)ncn3C)NC1=O. The van der Waals surface area contributed by atoms with Crippen molar-refractivity contribution in [3.63, 3.8) is 0 Å². The third-order valence-electron chi connectivity index (χ3n) is 3.71. The number of aryl methyl sites for hydroxylation is 1. The van der Waals surface area contributed by atoms with Crippen molar-refractivity contribution in [3.8, 4) is 0 Å². The van der Waals surface area contributed by atoms with E-state index in [0.29, 0.717) is 0 Å². The van der Waals surface area contributed by atoms with Crippen LogP contribution in [0.2, 0.25) is 0 Å². The maximum absolute atomic E-state index is 11.9. The standard InChI is InChI=1S/C14H18N4O/c1-9(2)18-7-12(16-14(18)19)10-4-5-13-11(6-10)15-8-17(13)3/h4-6,8-9,12H,7H2,1-3H3,(H,16,19). The molecule has 1 fully saturated rings. The Bertz CT molecular complexity index is 631. The summed E-state index contributed by atoms with van der Waals surface area (Å²) in [6.45, 7) is 4.78. The van der Waals surface area contributed by atoms with Crippen molar-refractivity contribution in [3.05, 3.63) is 30.1 Å². The van der Waals surface area contributed by atoms with Crippen LogP contribution in [0, 0.1) is 0 Å². The summed E-state index contributed by atoms with van der Waals surface area (Å²) >= 11 is 0. The van der Waals surface area contributed by atoms with Crippen LogP contribution in [0.4, 0.5) is 4.79 Å². The highest BCUT2D eigenvalue weighted by molar-refractivity contribution is 5.79. The number of carbonyl (C=O) groups excluding carboxylic acids is 1. The molecule has 2 aromatic rings. The summed E-state index contributed by atoms with van der Waals surface area (Å²) in [6.07, 6.45) is 1.81. The molecule has 0 saturated carbocycles. The van der Waals surface area contributed by atoms with Gasteiger partial charge in [-0.1, -0.05) is 6.07 Å². The van der Waals surface area contributed by atoms with Gasteiger partial charge in [0, 0.05) is 19.6 Å². The lowest BCUT2D eigenvalue weighted by molar-refractivity contribution is 0.206. The summed E-state index contributed by atoms with van der Waals surface area (Å²) in [4.78, 5) is 18.1. The zero-order valence-corrected chi connectivity index (χ0v) is 11.4. The first-order valence-electron chi connectivity index (χ1n) is 6.54. The molecule has 5 nitrogen and oxygen atoms in total. The molecule has 1 aliphatic heterocycles. The van der Waals surface area contributed by atoms with Crippen LogP contribution in [-0.2, 0) is 7.05 Å². The van der Waals surface area contributed by atoms with Gasteiger partial charge >= 0.3 is 6.03 Å². The lowest BCUT2D eigenvalue weighted by Gasteiger charge is -2.18. The van der Waals surface area contributed by atoms with Crippen LogP contribution in [0.1, 0.15) is 25.5 Å². The topological polar surface area (TPSA) is 50.2 Å². The Hall–Kier alpha value is -2.04. The number of urea groups is 1. The number of imidazole rings is 1. The molecule has 1 aromatic carbocycles. The normalized spacial score (nSPS) is 19.5. The van der Waals surface area contributed by atoms with E-state index in [1.54, 1.807) is 0 Å². The first-order valence-corrected chi connectivity index (χ1v) is 6.54. The van der Waals surface area contributed by atoms with Crippen molar-refractivity contribution in [2.75, 3.05) is 6.54 Å². The van der Waals surface area contributed by atoms with Gasteiger partial charge in [-0.25, -0.2) is 9.78 Å². The summed E-state index contributed by atoms with van der Waals surface area (Å²) < 4.78 is 1.99. The fourth-order valence-corrected chi connectivity index (χ4v) is 2.56. The lowest BCUT2D eigenvalue weighted by atomic mass is 10.1. The van der Waals surface area contributed by atoms with Crippen molar-refractivity contribution in [2.24, 2.45) is 7.05 Å². The number of nitrogens with zero attached hydrogens (tertiary/aromatic N) is 3. The Balaban J connectivity index is 1.91. The van der Waals surface area contributed by atoms with Gasteiger partial charge in [-0.05, 0) is 31.5 Å². The van der Waals surface area contributed by atoms with Gasteiger partial charge < -0.3 is 14.8 Å². The molecule has 1 atom stereocenters. The lowest BCUT2D eigenvalue weighted by Crippen LogP contribution is -2.33. The smallest absolute Gasteiger partial charge is 0.318 e. The van der Waals surface area contributed by atoms with Crippen molar-refractivity contribution in [2.45, 2.75) is 25.9 Å². The molecule has 3 rings (SSSR count). The number of hydrogen-bond acceptors (Lipinski definition) is 2. The highest BCUT2D eigenvalue weighted by Crippen LogP contribution is 2.24. The third-order valence-corrected chi connectivity index (χ3v) is 3.71. The van der Waals surface area contributed by atoms with Crippen LogP contribution in [0.3, 0.4) is 0 Å². The van der Waals surface area contributed by atoms with Gasteiger partial charge in [-0.15, -0.1) is 0 Å². The second kappa shape index (κ2) is 4.26. The molecule has 19 heavy (non-hydrogen) atoms. The predicted octanol–water partition coefficient (Wildman–Crippen LogP) is 2.05. The molecule has 1 saturated heterocycles. The number of nitrogens with one attached hydrogen (secondary N) is 1. The minimum absolute atomic E-state index is 0.0149. The quantitative estimate of drug-likeness (QED) is 0.896. The molecular formula is C14H18N4O. The summed E-state index contributed by atoms with van der Waals surface area (Å²) in [6, 6.07) is 6.48. The van der Waals surface area contributed by atoms with Gasteiger partial charge in [0.2, 0.25) is 0 Å². The summed E-state index contributed by atoms with van der Waals surface area (Å²) in [5.41, 5.74) is 3.19. The molecule has 0 aliphatic carbocycles. The predicted molar refractivity (Wildman–Crippen MR) is 73.8 cm³/mol. The largest absolute Gasteiger partial charge is 0.334 e. The van der Waals surface area contributed by atoms with Crippen LogP contribution in [0.15, 0.2) is 24.5 Å². The number of benzene rings is 1. The minimum Gasteiger partial charge on any atom is -0.334 e. The maximum atomic E-state index is 11.9. The zero-order valence-electron chi connectivity index (χ0n) is 11.4. The van der Waals surface area contributed by atoms with E-state index < -0.39 is 0 Å². The van der Waals surface area contributed by atoms with Gasteiger partial charge in [0.15, 0.2) is 0 Å². The maximum Gasteiger partial charge on any atom is 0.318 e. The molecule has 1 N–H and O–H groups in total. The van der Waals surface area contributed by atoms with Crippen molar-refractivity contribution in [1.82, 2.24) is 19.8 Å². The van der Waals surface area contributed by atoms with Gasteiger partial charge in [0.25, 0.3) is 0 Å². The number of rotatable bonds is 2. The number of aromatic nitrogens is 2. The second-order valence-corrected chi connectivity index (χ2v) is 5.35. The van der Waals surface area contributed by atoms with Crippen LogP contribution in [0.5, 0.6) is 0 Å². The minimum atomic E-state index is 0.0149. The van der Waals surface area contributed by atoms with E-state index in [2.05, 4.69) is 28.5 Å². The number of carbonyl (C=O) groups is 1. The van der Waals surface area contributed by atoms with E-state index in [9.17, 15) is 4.79 Å². The average molecular weight is 258 g/mol. The Morgan fingerprint density at radius 1 is 1.42 bits per heavy atom. The molecule has 2 amide bonds. The summed E-state index contributed by atoms with van der Waals surface area (Å²) in [5.74, 6) is 0. The van der Waals surface area contributed by atoms with Gasteiger partial charge in [-0.2, -0.15) is 0 Å². The Labute approximate surface area is 112 Å². The molecule has 2 heterocycles. The molecular weight excluding hydrogens is 240 g/mol. The average Bonchev–Trinajstić information content (AvgIpc) is 2.93. The number of hydrogen-bond donors (Lipinski definition) is 1. The first-order chi connectivity index (χ1) is 9.06. The molecule has 100 valence electrons. The molecule has 1 aliphatic rings. The highest BCUT2D eigenvalue weighted by atomic mass is 16.2. The fraction of sp³-hybridized carbons (Fsp3) is 0.429. The molecule has 5 heteroatoms. The summed E-state index contributed by atoms with van der Waals surface area (Å²) in [7, 11) is 1.98. The van der Waals surface area contributed by atoms with E-state index >= 15 is 0 Å². The Morgan fingerprint density at radius 3 is 2.89 bits per heavy atom. The number of amides is 2. The van der Waals surface area contributed by atoms with E-state index in [4.69, 9.17) is 0 Å². The van der Waals surface area contributed by atoms with Crippen LogP contribution in [-0.4, -0.2) is 33.1 Å². The van der Waals surface area contributed by atoms with Crippen molar-refractivity contribution < 1.29 is 4.79 Å². The molecule has 0 radical (unpaired) electrons. The third kappa shape index (κ3) is 1.95. The van der Waals surface area contributed by atoms with Crippen LogP contribution >= 0.6 is 0 Å². The number of fused-ring (bicyclic) bond motifs is 1. The highest BCUT2D eigenvalue weighted by Gasteiger charge is 2.31. The van der Waals surface area contributed by atoms with Gasteiger partial charge in [-0.3, -0.25) is 0 Å². The van der Waals surface area contributed by atoms with E-state index in [0.717, 1.165) is 23.1 Å². The second-order valence-electron chi connectivity index (χ2n) is 5.35. The Morgan fingerprint density at radius 2 is 2.21 bits per heavy atom.